The van der Waals surface area contributed by atoms with E-state index in [0.717, 1.165) is 28.8 Å². The molecule has 0 radical (unpaired) electrons. The van der Waals surface area contributed by atoms with E-state index in [0.29, 0.717) is 18.2 Å². The highest BCUT2D eigenvalue weighted by molar-refractivity contribution is 9.10. The Labute approximate surface area is 116 Å². The SMILES string of the molecule is CN1[C@@H]2CC[C@H]1C[C@H](Oc1ccc(N)cc1Br)C2. The molecule has 3 rings (SSSR count). The van der Waals surface area contributed by atoms with Gasteiger partial charge in [0.25, 0.3) is 0 Å². The summed E-state index contributed by atoms with van der Waals surface area (Å²) in [6.45, 7) is 0. The summed E-state index contributed by atoms with van der Waals surface area (Å²) in [5.41, 5.74) is 6.50. The van der Waals surface area contributed by atoms with E-state index < -0.39 is 0 Å². The summed E-state index contributed by atoms with van der Waals surface area (Å²) in [4.78, 5) is 2.53. The number of fused-ring (bicyclic) bond motifs is 2. The number of hydrogen-bond donors (Lipinski definition) is 1. The summed E-state index contributed by atoms with van der Waals surface area (Å²) < 4.78 is 7.09. The number of benzene rings is 1. The van der Waals surface area contributed by atoms with Crippen LogP contribution >= 0.6 is 15.9 Å². The largest absolute Gasteiger partial charge is 0.489 e. The van der Waals surface area contributed by atoms with E-state index in [9.17, 15) is 0 Å². The van der Waals surface area contributed by atoms with Crippen molar-refractivity contribution in [2.75, 3.05) is 12.8 Å². The third-order valence-electron chi connectivity index (χ3n) is 4.30. The highest BCUT2D eigenvalue weighted by Crippen LogP contribution is 2.37. The van der Waals surface area contributed by atoms with E-state index in [1.54, 1.807) is 0 Å². The Kier molecular flexibility index (Phi) is 3.24. The average molecular weight is 311 g/mol. The average Bonchev–Trinajstić information content (AvgIpc) is 2.57. The third kappa shape index (κ3) is 2.24. The van der Waals surface area contributed by atoms with Crippen LogP contribution < -0.4 is 10.5 Å². The van der Waals surface area contributed by atoms with E-state index in [2.05, 4.69) is 27.9 Å². The van der Waals surface area contributed by atoms with Crippen molar-refractivity contribution < 1.29 is 4.74 Å². The molecule has 2 heterocycles. The quantitative estimate of drug-likeness (QED) is 0.853. The first-order chi connectivity index (χ1) is 8.63. The number of nitrogens with two attached hydrogens (primary N) is 1. The van der Waals surface area contributed by atoms with E-state index >= 15 is 0 Å². The second-order valence-electron chi connectivity index (χ2n) is 5.45. The first-order valence-electron chi connectivity index (χ1n) is 6.57. The van der Waals surface area contributed by atoms with Crippen molar-refractivity contribution in [3.8, 4) is 5.75 Å². The second kappa shape index (κ2) is 4.74. The zero-order chi connectivity index (χ0) is 12.7. The minimum absolute atomic E-state index is 0.346. The highest BCUT2D eigenvalue weighted by Gasteiger charge is 2.39. The van der Waals surface area contributed by atoms with Crippen molar-refractivity contribution in [1.82, 2.24) is 4.90 Å². The van der Waals surface area contributed by atoms with Gasteiger partial charge in [0.15, 0.2) is 0 Å². The molecule has 1 aromatic carbocycles. The minimum atomic E-state index is 0.346. The van der Waals surface area contributed by atoms with Crippen LogP contribution in [0.1, 0.15) is 25.7 Å². The number of ether oxygens (including phenoxy) is 1. The predicted molar refractivity (Wildman–Crippen MR) is 76.8 cm³/mol. The van der Waals surface area contributed by atoms with Gasteiger partial charge >= 0.3 is 0 Å². The molecule has 0 spiro atoms. The topological polar surface area (TPSA) is 38.5 Å². The molecule has 2 fully saturated rings. The standard InChI is InChI=1S/C14H19BrN2O/c1-17-10-3-4-11(17)8-12(7-10)18-14-5-2-9(16)6-13(14)15/h2,5-6,10-12H,3-4,7-8,16H2,1H3/t10-,11+,12-. The fraction of sp³-hybridized carbons (Fsp3) is 0.571. The lowest BCUT2D eigenvalue weighted by atomic mass is 10.0. The summed E-state index contributed by atoms with van der Waals surface area (Å²) in [5, 5.41) is 0. The van der Waals surface area contributed by atoms with Crippen LogP contribution in [0.2, 0.25) is 0 Å². The molecule has 2 saturated heterocycles. The maximum Gasteiger partial charge on any atom is 0.134 e. The Morgan fingerprint density at radius 3 is 2.56 bits per heavy atom. The smallest absolute Gasteiger partial charge is 0.134 e. The maximum absolute atomic E-state index is 6.14. The lowest BCUT2D eigenvalue weighted by Gasteiger charge is -2.36. The van der Waals surface area contributed by atoms with Crippen LogP contribution in [0.4, 0.5) is 5.69 Å². The minimum Gasteiger partial charge on any atom is -0.489 e. The molecule has 0 aliphatic carbocycles. The molecular formula is C14H19BrN2O. The number of halogens is 1. The van der Waals surface area contributed by atoms with Gasteiger partial charge in [-0.3, -0.25) is 0 Å². The van der Waals surface area contributed by atoms with Crippen LogP contribution in [-0.4, -0.2) is 30.1 Å². The predicted octanol–water partition coefficient (Wildman–Crippen LogP) is 3.04. The number of hydrogen-bond acceptors (Lipinski definition) is 3. The summed E-state index contributed by atoms with van der Waals surface area (Å²) in [7, 11) is 2.25. The number of anilines is 1. The maximum atomic E-state index is 6.14. The molecule has 0 unspecified atom stereocenters. The Bertz CT molecular complexity index is 437. The molecule has 3 atom stereocenters. The normalized spacial score (nSPS) is 31.6. The molecular weight excluding hydrogens is 292 g/mol. The number of nitrogen functional groups attached to an aromatic ring is 1. The van der Waals surface area contributed by atoms with Gasteiger partial charge in [0.05, 0.1) is 4.47 Å². The second-order valence-corrected chi connectivity index (χ2v) is 6.31. The molecule has 18 heavy (non-hydrogen) atoms. The Morgan fingerprint density at radius 2 is 1.94 bits per heavy atom. The number of rotatable bonds is 2. The van der Waals surface area contributed by atoms with Gasteiger partial charge < -0.3 is 15.4 Å². The van der Waals surface area contributed by atoms with Gasteiger partial charge in [-0.15, -0.1) is 0 Å². The van der Waals surface area contributed by atoms with Crippen molar-refractivity contribution in [3.63, 3.8) is 0 Å². The van der Waals surface area contributed by atoms with Crippen LogP contribution in [-0.2, 0) is 0 Å². The Morgan fingerprint density at radius 1 is 1.28 bits per heavy atom. The lowest BCUT2D eigenvalue weighted by molar-refractivity contribution is 0.0657. The van der Waals surface area contributed by atoms with Crippen molar-refractivity contribution >= 4 is 21.6 Å². The lowest BCUT2D eigenvalue weighted by Crippen LogP contribution is -2.43. The Balaban J connectivity index is 1.70. The molecule has 2 bridgehead atoms. The van der Waals surface area contributed by atoms with Gasteiger partial charge in [-0.05, 0) is 66.9 Å². The fourth-order valence-corrected chi connectivity index (χ4v) is 3.74. The fourth-order valence-electron chi connectivity index (χ4n) is 3.25. The molecule has 0 saturated carbocycles. The van der Waals surface area contributed by atoms with Gasteiger partial charge in [-0.1, -0.05) is 0 Å². The molecule has 0 amide bonds. The van der Waals surface area contributed by atoms with Crippen molar-refractivity contribution in [2.24, 2.45) is 0 Å². The Hall–Kier alpha value is -0.740. The molecule has 2 aliphatic rings. The van der Waals surface area contributed by atoms with E-state index in [1.807, 2.05) is 18.2 Å². The molecule has 98 valence electrons. The van der Waals surface area contributed by atoms with Crippen LogP contribution in [0.25, 0.3) is 0 Å². The first-order valence-corrected chi connectivity index (χ1v) is 7.36. The molecule has 0 aromatic heterocycles. The molecule has 2 aliphatic heterocycles. The first kappa shape index (κ1) is 12.3. The van der Waals surface area contributed by atoms with E-state index in [4.69, 9.17) is 10.5 Å². The van der Waals surface area contributed by atoms with Crippen molar-refractivity contribution in [2.45, 2.75) is 43.9 Å². The summed E-state index contributed by atoms with van der Waals surface area (Å²) >= 11 is 3.52. The zero-order valence-corrected chi connectivity index (χ0v) is 12.2. The third-order valence-corrected chi connectivity index (χ3v) is 4.92. The monoisotopic (exact) mass is 310 g/mol. The van der Waals surface area contributed by atoms with Crippen LogP contribution in [0.5, 0.6) is 5.75 Å². The highest BCUT2D eigenvalue weighted by atomic mass is 79.9. The summed E-state index contributed by atoms with van der Waals surface area (Å²) in [6.07, 6.45) is 5.28. The van der Waals surface area contributed by atoms with Crippen molar-refractivity contribution in [3.05, 3.63) is 22.7 Å². The molecule has 2 N–H and O–H groups in total. The summed E-state index contributed by atoms with van der Waals surface area (Å²) in [5.74, 6) is 0.915. The number of nitrogens with zero attached hydrogens (tertiary/aromatic N) is 1. The zero-order valence-electron chi connectivity index (χ0n) is 10.6. The van der Waals surface area contributed by atoms with Gasteiger partial charge in [0.1, 0.15) is 11.9 Å². The van der Waals surface area contributed by atoms with Crippen LogP contribution in [0, 0.1) is 0 Å². The van der Waals surface area contributed by atoms with E-state index in [-0.39, 0.29) is 0 Å². The summed E-state index contributed by atoms with van der Waals surface area (Å²) in [6, 6.07) is 7.17. The van der Waals surface area contributed by atoms with Crippen molar-refractivity contribution in [1.29, 1.82) is 0 Å². The van der Waals surface area contributed by atoms with E-state index in [1.165, 1.54) is 12.8 Å². The van der Waals surface area contributed by atoms with Gasteiger partial charge in [0, 0.05) is 17.8 Å². The molecule has 4 heteroatoms. The van der Waals surface area contributed by atoms with Gasteiger partial charge in [-0.2, -0.15) is 0 Å². The van der Waals surface area contributed by atoms with Gasteiger partial charge in [-0.25, -0.2) is 0 Å². The van der Waals surface area contributed by atoms with Gasteiger partial charge in [0.2, 0.25) is 0 Å². The molecule has 3 nitrogen and oxygen atoms in total. The number of piperidine rings is 1. The van der Waals surface area contributed by atoms with Crippen LogP contribution in [0.15, 0.2) is 22.7 Å². The van der Waals surface area contributed by atoms with Crippen LogP contribution in [0.3, 0.4) is 0 Å². The molecule has 1 aromatic rings.